The Morgan fingerprint density at radius 1 is 0.633 bits per heavy atom. The first-order valence-electron chi connectivity index (χ1n) is 10.3. The summed E-state index contributed by atoms with van der Waals surface area (Å²) >= 11 is 2.60. The van der Waals surface area contributed by atoms with Gasteiger partial charge in [-0.15, -0.1) is 0 Å². The summed E-state index contributed by atoms with van der Waals surface area (Å²) in [6.07, 6.45) is 4.47. The third-order valence-corrected chi connectivity index (χ3v) is 7.06. The van der Waals surface area contributed by atoms with Crippen molar-refractivity contribution in [2.75, 3.05) is 13.1 Å². The van der Waals surface area contributed by atoms with E-state index >= 15 is 0 Å². The molecule has 2 N–H and O–H groups in total. The topological polar surface area (TPSA) is 68.1 Å². The molecular weight excluding hydrogens is 416 g/mol. The molecule has 4 rings (SSSR count). The van der Waals surface area contributed by atoms with Crippen LogP contribution < -0.4 is 20.4 Å². The van der Waals surface area contributed by atoms with E-state index in [1.54, 1.807) is 9.13 Å². The predicted octanol–water partition coefficient (Wildman–Crippen LogP) is 3.79. The van der Waals surface area contributed by atoms with E-state index in [2.05, 4.69) is 10.6 Å². The molecule has 0 unspecified atom stereocenters. The van der Waals surface area contributed by atoms with Gasteiger partial charge in [0.2, 0.25) is 0 Å². The van der Waals surface area contributed by atoms with E-state index in [0.717, 1.165) is 59.2 Å². The number of nitrogens with zero attached hydrogens (tertiary/aromatic N) is 2. The van der Waals surface area contributed by atoms with Crippen molar-refractivity contribution in [3.63, 3.8) is 0 Å². The Balaban J connectivity index is 1.10. The molecule has 0 bridgehead atoms. The normalized spacial score (nSPS) is 11.6. The number of nitrogens with one attached hydrogen (secondary N) is 2. The molecule has 0 amide bonds. The Morgan fingerprint density at radius 2 is 1.07 bits per heavy atom. The summed E-state index contributed by atoms with van der Waals surface area (Å²) in [7, 11) is 0. The van der Waals surface area contributed by atoms with Crippen LogP contribution in [-0.4, -0.2) is 22.2 Å². The van der Waals surface area contributed by atoms with Crippen LogP contribution in [0.1, 0.15) is 25.7 Å². The van der Waals surface area contributed by atoms with Crippen LogP contribution in [0, 0.1) is 0 Å². The van der Waals surface area contributed by atoms with Crippen molar-refractivity contribution in [2.24, 2.45) is 0 Å². The van der Waals surface area contributed by atoms with Gasteiger partial charge < -0.3 is 0 Å². The largest absolute Gasteiger partial charge is 0.309 e. The van der Waals surface area contributed by atoms with E-state index < -0.39 is 0 Å². The van der Waals surface area contributed by atoms with Gasteiger partial charge >= 0.3 is 9.75 Å². The molecule has 30 heavy (non-hydrogen) atoms. The fraction of sp³-hybridized carbons (Fsp3) is 0.364. The smallest absolute Gasteiger partial charge is 0.299 e. The molecule has 2 aromatic carbocycles. The minimum Gasteiger partial charge on any atom is -0.299 e. The Morgan fingerprint density at radius 3 is 1.53 bits per heavy atom. The van der Waals surface area contributed by atoms with Crippen LogP contribution in [0.25, 0.3) is 20.4 Å². The Hall–Kier alpha value is -2.26. The lowest BCUT2D eigenvalue weighted by Gasteiger charge is -2.08. The molecule has 2 heterocycles. The highest BCUT2D eigenvalue weighted by atomic mass is 32.1. The summed E-state index contributed by atoms with van der Waals surface area (Å²) < 4.78 is 5.68. The minimum atomic E-state index is 0.0901. The lowest BCUT2D eigenvalue weighted by Crippen LogP contribution is -2.25. The SMILES string of the molecule is O=c1sc2ccccc2n1CNCCCCCCNCn1c(=O)sc2ccccc21. The number of benzene rings is 2. The second kappa shape index (κ2) is 10.2. The van der Waals surface area contributed by atoms with Crippen LogP contribution in [0.5, 0.6) is 0 Å². The Labute approximate surface area is 182 Å². The fourth-order valence-electron chi connectivity index (χ4n) is 3.56. The van der Waals surface area contributed by atoms with Crippen molar-refractivity contribution in [3.8, 4) is 0 Å². The van der Waals surface area contributed by atoms with E-state index in [1.807, 2.05) is 48.5 Å². The molecule has 4 aromatic rings. The van der Waals surface area contributed by atoms with Crippen LogP contribution in [-0.2, 0) is 13.3 Å². The molecule has 0 saturated heterocycles. The molecular formula is C22H26N4O2S2. The van der Waals surface area contributed by atoms with Crippen molar-refractivity contribution in [1.29, 1.82) is 0 Å². The lowest BCUT2D eigenvalue weighted by atomic mass is 10.2. The van der Waals surface area contributed by atoms with E-state index in [0.29, 0.717) is 13.3 Å². The standard InChI is InChI=1S/C22H26N4O2S2/c27-21-25(17-9-3-5-11-19(17)29-21)15-23-13-7-1-2-8-14-24-16-26-18-10-4-6-12-20(18)30-22(26)28/h3-6,9-12,23-24H,1-2,7-8,13-16H2. The Kier molecular flexibility index (Phi) is 7.11. The van der Waals surface area contributed by atoms with E-state index in [1.165, 1.54) is 22.7 Å². The van der Waals surface area contributed by atoms with Gasteiger partial charge in [0, 0.05) is 0 Å². The maximum atomic E-state index is 12.1. The highest BCUT2D eigenvalue weighted by Crippen LogP contribution is 2.16. The first-order valence-corrected chi connectivity index (χ1v) is 12.0. The van der Waals surface area contributed by atoms with Crippen molar-refractivity contribution < 1.29 is 0 Å². The van der Waals surface area contributed by atoms with Crippen LogP contribution in [0.2, 0.25) is 0 Å². The molecule has 2 aromatic heterocycles. The van der Waals surface area contributed by atoms with Crippen LogP contribution in [0.4, 0.5) is 0 Å². The molecule has 0 fully saturated rings. The van der Waals surface area contributed by atoms with Gasteiger partial charge in [0.15, 0.2) is 0 Å². The summed E-state index contributed by atoms with van der Waals surface area (Å²) in [5.74, 6) is 0. The molecule has 0 radical (unpaired) electrons. The molecule has 0 aliphatic rings. The van der Waals surface area contributed by atoms with Crippen molar-refractivity contribution >= 4 is 43.1 Å². The van der Waals surface area contributed by atoms with Gasteiger partial charge in [-0.3, -0.25) is 29.4 Å². The van der Waals surface area contributed by atoms with Gasteiger partial charge in [-0.2, -0.15) is 0 Å². The highest BCUT2D eigenvalue weighted by molar-refractivity contribution is 7.16. The van der Waals surface area contributed by atoms with Gasteiger partial charge in [0.1, 0.15) is 0 Å². The van der Waals surface area contributed by atoms with Crippen LogP contribution in [0.15, 0.2) is 58.1 Å². The summed E-state index contributed by atoms with van der Waals surface area (Å²) in [4.78, 5) is 24.4. The number of hydrogen-bond donors (Lipinski definition) is 2. The van der Waals surface area contributed by atoms with E-state index in [9.17, 15) is 9.59 Å². The third-order valence-electron chi connectivity index (χ3n) is 5.14. The first-order chi connectivity index (χ1) is 14.7. The average Bonchev–Trinajstić information content (AvgIpc) is 3.25. The van der Waals surface area contributed by atoms with Crippen molar-refractivity contribution in [2.45, 2.75) is 39.0 Å². The molecule has 0 spiro atoms. The van der Waals surface area contributed by atoms with Gasteiger partial charge in [-0.25, -0.2) is 0 Å². The van der Waals surface area contributed by atoms with Crippen LogP contribution >= 0.6 is 22.7 Å². The third kappa shape index (κ3) is 4.89. The summed E-state index contributed by atoms with van der Waals surface area (Å²) in [5, 5.41) is 6.76. The van der Waals surface area contributed by atoms with E-state index in [4.69, 9.17) is 0 Å². The van der Waals surface area contributed by atoms with Gasteiger partial charge in [0.25, 0.3) is 0 Å². The molecule has 0 aliphatic carbocycles. The molecule has 8 heteroatoms. The molecule has 158 valence electrons. The number of unbranched alkanes of at least 4 members (excludes halogenated alkanes) is 3. The molecule has 0 aliphatic heterocycles. The summed E-state index contributed by atoms with van der Waals surface area (Å²) in [6, 6.07) is 15.8. The second-order valence-corrected chi connectivity index (χ2v) is 9.24. The number of aromatic nitrogens is 2. The van der Waals surface area contributed by atoms with Crippen molar-refractivity contribution in [1.82, 2.24) is 19.8 Å². The number of fused-ring (bicyclic) bond motifs is 2. The maximum Gasteiger partial charge on any atom is 0.309 e. The molecule has 0 atom stereocenters. The Bertz CT molecular complexity index is 1130. The first kappa shape index (κ1) is 21.0. The lowest BCUT2D eigenvalue weighted by molar-refractivity contribution is 0.507. The number of hydrogen-bond acceptors (Lipinski definition) is 6. The zero-order chi connectivity index (χ0) is 20.8. The van der Waals surface area contributed by atoms with Gasteiger partial charge in [-0.1, -0.05) is 59.8 Å². The highest BCUT2D eigenvalue weighted by Gasteiger charge is 2.06. The average molecular weight is 443 g/mol. The number of para-hydroxylation sites is 2. The number of rotatable bonds is 11. The predicted molar refractivity (Wildman–Crippen MR) is 127 cm³/mol. The summed E-state index contributed by atoms with van der Waals surface area (Å²) in [6.45, 7) is 2.93. The van der Waals surface area contributed by atoms with Gasteiger partial charge in [-0.05, 0) is 50.2 Å². The molecule has 6 nitrogen and oxygen atoms in total. The van der Waals surface area contributed by atoms with Crippen molar-refractivity contribution in [3.05, 3.63) is 67.9 Å². The zero-order valence-electron chi connectivity index (χ0n) is 16.8. The monoisotopic (exact) mass is 442 g/mol. The van der Waals surface area contributed by atoms with Gasteiger partial charge in [0.05, 0.1) is 33.8 Å². The quantitative estimate of drug-likeness (QED) is 0.347. The van der Waals surface area contributed by atoms with E-state index in [-0.39, 0.29) is 9.75 Å². The fourth-order valence-corrected chi connectivity index (χ4v) is 5.34. The zero-order valence-corrected chi connectivity index (χ0v) is 18.4. The maximum absolute atomic E-state index is 12.1. The number of thiazole rings is 2. The minimum absolute atomic E-state index is 0.0901. The molecule has 0 saturated carbocycles. The summed E-state index contributed by atoms with van der Waals surface area (Å²) in [5.41, 5.74) is 2.01. The second-order valence-electron chi connectivity index (χ2n) is 7.26. The van der Waals surface area contributed by atoms with Crippen LogP contribution in [0.3, 0.4) is 0 Å².